The highest BCUT2D eigenvalue weighted by molar-refractivity contribution is 6.35. The van der Waals surface area contributed by atoms with E-state index >= 15 is 0 Å². The van der Waals surface area contributed by atoms with Crippen molar-refractivity contribution in [3.8, 4) is 5.75 Å². The lowest BCUT2D eigenvalue weighted by atomic mass is 10.1. The third-order valence-electron chi connectivity index (χ3n) is 3.73. The van der Waals surface area contributed by atoms with E-state index in [9.17, 15) is 9.59 Å². The molecular weight excluding hydrogens is 304 g/mol. The van der Waals surface area contributed by atoms with Crippen molar-refractivity contribution in [2.45, 2.75) is 19.4 Å². The molecule has 0 radical (unpaired) electrons. The predicted molar refractivity (Wildman–Crippen MR) is 92.7 cm³/mol. The molecule has 0 aliphatic heterocycles. The van der Waals surface area contributed by atoms with Crippen LogP contribution >= 0.6 is 0 Å². The van der Waals surface area contributed by atoms with Gasteiger partial charge in [-0.25, -0.2) is 0 Å². The fraction of sp³-hybridized carbons (Fsp3) is 0.263. The smallest absolute Gasteiger partial charge is 0.309 e. The van der Waals surface area contributed by atoms with Gasteiger partial charge in [-0.3, -0.25) is 9.59 Å². The molecule has 2 amide bonds. The van der Waals surface area contributed by atoms with Gasteiger partial charge in [-0.2, -0.15) is 0 Å². The van der Waals surface area contributed by atoms with Crippen molar-refractivity contribution in [1.82, 2.24) is 10.6 Å². The summed E-state index contributed by atoms with van der Waals surface area (Å²) in [5, 5.41) is 5.32. The highest BCUT2D eigenvalue weighted by atomic mass is 16.5. The molecule has 0 saturated heterocycles. The Labute approximate surface area is 142 Å². The second-order valence-electron chi connectivity index (χ2n) is 5.42. The standard InChI is InChI=1S/C19H22N2O3/c1-14(15-8-4-3-5-9-15)21-19(23)18(22)20-13-12-16-10-6-7-11-17(16)24-2/h3-11,14H,12-13H2,1-2H3,(H,20,22)(H,21,23)/t14-/m0/s1. The van der Waals surface area contributed by atoms with Gasteiger partial charge in [0.1, 0.15) is 5.75 Å². The predicted octanol–water partition coefficient (Wildman–Crippen LogP) is 2.23. The number of ether oxygens (including phenoxy) is 1. The lowest BCUT2D eigenvalue weighted by molar-refractivity contribution is -0.139. The summed E-state index contributed by atoms with van der Waals surface area (Å²) in [5.74, 6) is -0.493. The van der Waals surface area contributed by atoms with Crippen LogP contribution in [0.5, 0.6) is 5.75 Å². The van der Waals surface area contributed by atoms with Crippen LogP contribution in [0.2, 0.25) is 0 Å². The second kappa shape index (κ2) is 8.72. The third-order valence-corrected chi connectivity index (χ3v) is 3.73. The number of hydrogen-bond acceptors (Lipinski definition) is 3. The van der Waals surface area contributed by atoms with Gasteiger partial charge in [0.25, 0.3) is 0 Å². The number of rotatable bonds is 6. The molecular formula is C19H22N2O3. The molecule has 126 valence electrons. The van der Waals surface area contributed by atoms with Gasteiger partial charge in [0.05, 0.1) is 13.2 Å². The van der Waals surface area contributed by atoms with Crippen LogP contribution in [0.15, 0.2) is 54.6 Å². The maximum absolute atomic E-state index is 11.9. The number of carbonyl (C=O) groups excluding carboxylic acids is 2. The summed E-state index contributed by atoms with van der Waals surface area (Å²) < 4.78 is 5.26. The molecule has 5 nitrogen and oxygen atoms in total. The van der Waals surface area contributed by atoms with Crippen molar-refractivity contribution in [2.24, 2.45) is 0 Å². The van der Waals surface area contributed by atoms with Gasteiger partial charge in [-0.15, -0.1) is 0 Å². The summed E-state index contributed by atoms with van der Waals surface area (Å²) in [6, 6.07) is 16.9. The number of hydrogen-bond donors (Lipinski definition) is 2. The Hall–Kier alpha value is -2.82. The normalized spacial score (nSPS) is 11.4. The zero-order valence-corrected chi connectivity index (χ0v) is 13.9. The van der Waals surface area contributed by atoms with Gasteiger partial charge in [0.15, 0.2) is 0 Å². The van der Waals surface area contributed by atoms with Crippen molar-refractivity contribution >= 4 is 11.8 Å². The molecule has 0 saturated carbocycles. The molecule has 0 aliphatic rings. The summed E-state index contributed by atoms with van der Waals surface area (Å²) in [7, 11) is 1.61. The molecule has 2 N–H and O–H groups in total. The molecule has 0 aliphatic carbocycles. The molecule has 0 spiro atoms. The van der Waals surface area contributed by atoms with E-state index < -0.39 is 11.8 Å². The average molecular weight is 326 g/mol. The molecule has 5 heteroatoms. The molecule has 0 bridgehead atoms. The molecule has 0 heterocycles. The van der Waals surface area contributed by atoms with Crippen molar-refractivity contribution in [3.63, 3.8) is 0 Å². The van der Waals surface area contributed by atoms with Crippen molar-refractivity contribution in [1.29, 1.82) is 0 Å². The van der Waals surface area contributed by atoms with Crippen LogP contribution in [0, 0.1) is 0 Å². The van der Waals surface area contributed by atoms with Gasteiger partial charge in [0, 0.05) is 6.54 Å². The monoisotopic (exact) mass is 326 g/mol. The Morgan fingerprint density at radius 2 is 1.67 bits per heavy atom. The highest BCUT2D eigenvalue weighted by Crippen LogP contribution is 2.17. The van der Waals surface area contributed by atoms with E-state index in [2.05, 4.69) is 10.6 Å². The Balaban J connectivity index is 1.81. The first-order chi connectivity index (χ1) is 11.6. The quantitative estimate of drug-likeness (QED) is 0.800. The Morgan fingerprint density at radius 1 is 1.00 bits per heavy atom. The number of benzene rings is 2. The van der Waals surface area contributed by atoms with E-state index in [1.54, 1.807) is 7.11 Å². The number of nitrogens with one attached hydrogen (secondary N) is 2. The van der Waals surface area contributed by atoms with Crippen LogP contribution in [-0.4, -0.2) is 25.5 Å². The lowest BCUT2D eigenvalue weighted by Crippen LogP contribution is -2.41. The van der Waals surface area contributed by atoms with E-state index in [0.717, 1.165) is 16.9 Å². The van der Waals surface area contributed by atoms with Gasteiger partial charge >= 0.3 is 11.8 Å². The first-order valence-corrected chi connectivity index (χ1v) is 7.87. The Bertz CT molecular complexity index is 686. The van der Waals surface area contributed by atoms with E-state index in [-0.39, 0.29) is 6.04 Å². The van der Waals surface area contributed by atoms with Gasteiger partial charge < -0.3 is 15.4 Å². The van der Waals surface area contributed by atoms with E-state index in [0.29, 0.717) is 13.0 Å². The van der Waals surface area contributed by atoms with Gasteiger partial charge in [-0.05, 0) is 30.5 Å². The highest BCUT2D eigenvalue weighted by Gasteiger charge is 2.16. The second-order valence-corrected chi connectivity index (χ2v) is 5.42. The molecule has 0 unspecified atom stereocenters. The molecule has 2 aromatic carbocycles. The van der Waals surface area contributed by atoms with Crippen molar-refractivity contribution < 1.29 is 14.3 Å². The van der Waals surface area contributed by atoms with Crippen LogP contribution in [0.3, 0.4) is 0 Å². The average Bonchev–Trinajstić information content (AvgIpc) is 2.62. The van der Waals surface area contributed by atoms with Crippen LogP contribution in [-0.2, 0) is 16.0 Å². The van der Waals surface area contributed by atoms with Crippen molar-refractivity contribution in [3.05, 3.63) is 65.7 Å². The minimum absolute atomic E-state index is 0.223. The third kappa shape index (κ3) is 4.84. The maximum atomic E-state index is 11.9. The Morgan fingerprint density at radius 3 is 2.38 bits per heavy atom. The maximum Gasteiger partial charge on any atom is 0.309 e. The van der Waals surface area contributed by atoms with E-state index in [4.69, 9.17) is 4.74 Å². The van der Waals surface area contributed by atoms with Crippen LogP contribution in [0.4, 0.5) is 0 Å². The molecule has 0 fully saturated rings. The molecule has 2 rings (SSSR count). The zero-order chi connectivity index (χ0) is 17.4. The van der Waals surface area contributed by atoms with E-state index in [1.807, 2.05) is 61.5 Å². The first-order valence-electron chi connectivity index (χ1n) is 7.87. The SMILES string of the molecule is COc1ccccc1CCNC(=O)C(=O)N[C@@H](C)c1ccccc1. The summed E-state index contributed by atoms with van der Waals surface area (Å²) in [4.78, 5) is 23.8. The summed E-state index contributed by atoms with van der Waals surface area (Å²) in [6.45, 7) is 2.21. The van der Waals surface area contributed by atoms with Crippen LogP contribution in [0.25, 0.3) is 0 Å². The Kier molecular flexibility index (Phi) is 6.37. The van der Waals surface area contributed by atoms with Gasteiger partial charge in [-0.1, -0.05) is 48.5 Å². The summed E-state index contributed by atoms with van der Waals surface area (Å²) in [6.07, 6.45) is 0.595. The fourth-order valence-electron chi connectivity index (χ4n) is 2.39. The minimum atomic E-state index is -0.633. The molecule has 24 heavy (non-hydrogen) atoms. The largest absolute Gasteiger partial charge is 0.496 e. The lowest BCUT2D eigenvalue weighted by Gasteiger charge is -2.14. The number of carbonyl (C=O) groups is 2. The van der Waals surface area contributed by atoms with Crippen LogP contribution in [0.1, 0.15) is 24.1 Å². The minimum Gasteiger partial charge on any atom is -0.496 e. The molecule has 1 atom stereocenters. The van der Waals surface area contributed by atoms with Crippen molar-refractivity contribution in [2.75, 3.05) is 13.7 Å². The van der Waals surface area contributed by atoms with Gasteiger partial charge in [0.2, 0.25) is 0 Å². The van der Waals surface area contributed by atoms with Crippen LogP contribution < -0.4 is 15.4 Å². The fourth-order valence-corrected chi connectivity index (χ4v) is 2.39. The van der Waals surface area contributed by atoms with E-state index in [1.165, 1.54) is 0 Å². The summed E-state index contributed by atoms with van der Waals surface area (Å²) >= 11 is 0. The topological polar surface area (TPSA) is 67.4 Å². The summed E-state index contributed by atoms with van der Waals surface area (Å²) in [5.41, 5.74) is 1.94. The molecule has 0 aromatic heterocycles. The number of para-hydroxylation sites is 1. The first kappa shape index (κ1) is 17.5. The zero-order valence-electron chi connectivity index (χ0n) is 13.9. The number of methoxy groups -OCH3 is 1. The molecule has 2 aromatic rings. The number of amides is 2.